The highest BCUT2D eigenvalue weighted by Gasteiger charge is 2.12. The fraction of sp³-hybridized carbons (Fsp3) is 0.222. The summed E-state index contributed by atoms with van der Waals surface area (Å²) in [5.41, 5.74) is 0.599. The lowest BCUT2D eigenvalue weighted by Crippen LogP contribution is -2.27. The van der Waals surface area contributed by atoms with Crippen molar-refractivity contribution in [3.8, 4) is 0 Å². The van der Waals surface area contributed by atoms with Gasteiger partial charge in [0.05, 0.1) is 10.7 Å². The minimum absolute atomic E-state index is 0.0740. The molecule has 0 heterocycles. The van der Waals surface area contributed by atoms with Crippen LogP contribution in [0.25, 0.3) is 0 Å². The average Bonchev–Trinajstić information content (AvgIpc) is 2.15. The molecule has 0 radical (unpaired) electrons. The lowest BCUT2D eigenvalue weighted by Gasteiger charge is -2.17. The van der Waals surface area contributed by atoms with Crippen molar-refractivity contribution in [2.24, 2.45) is 0 Å². The summed E-state index contributed by atoms with van der Waals surface area (Å²) < 4.78 is 0. The molecule has 2 nitrogen and oxygen atoms in total. The Morgan fingerprint density at radius 3 is 2.57 bits per heavy atom. The zero-order chi connectivity index (χ0) is 10.7. The SMILES string of the molecule is CN(C(=O)CCl)c1ccc(Cl)cc1Cl. The summed E-state index contributed by atoms with van der Waals surface area (Å²) in [6.45, 7) is 0. The van der Waals surface area contributed by atoms with Gasteiger partial charge in [0.25, 0.3) is 0 Å². The van der Waals surface area contributed by atoms with Gasteiger partial charge in [0.15, 0.2) is 0 Å². The Labute approximate surface area is 97.4 Å². The zero-order valence-corrected chi connectivity index (χ0v) is 9.70. The number of carbonyl (C=O) groups excluding carboxylic acids is 1. The van der Waals surface area contributed by atoms with E-state index in [1.165, 1.54) is 4.90 Å². The third-order valence-electron chi connectivity index (χ3n) is 1.76. The van der Waals surface area contributed by atoms with Gasteiger partial charge in [-0.15, -0.1) is 11.6 Å². The molecule has 0 atom stereocenters. The van der Waals surface area contributed by atoms with Crippen molar-refractivity contribution < 1.29 is 4.79 Å². The van der Waals surface area contributed by atoms with Crippen molar-refractivity contribution in [3.63, 3.8) is 0 Å². The molecule has 0 unspecified atom stereocenters. The van der Waals surface area contributed by atoms with Gasteiger partial charge < -0.3 is 4.90 Å². The van der Waals surface area contributed by atoms with Gasteiger partial charge >= 0.3 is 0 Å². The number of amides is 1. The highest BCUT2D eigenvalue weighted by atomic mass is 35.5. The summed E-state index contributed by atoms with van der Waals surface area (Å²) in [4.78, 5) is 12.6. The largest absolute Gasteiger partial charge is 0.313 e. The van der Waals surface area contributed by atoms with Crippen LogP contribution < -0.4 is 4.90 Å². The monoisotopic (exact) mass is 251 g/mol. The molecule has 0 saturated carbocycles. The number of halogens is 3. The van der Waals surface area contributed by atoms with Crippen LogP contribution in [-0.2, 0) is 4.79 Å². The highest BCUT2D eigenvalue weighted by molar-refractivity contribution is 6.37. The van der Waals surface area contributed by atoms with Crippen LogP contribution in [0.5, 0.6) is 0 Å². The molecule has 1 aromatic carbocycles. The molecule has 0 aliphatic heterocycles. The van der Waals surface area contributed by atoms with E-state index in [1.54, 1.807) is 25.2 Å². The van der Waals surface area contributed by atoms with Crippen LogP contribution >= 0.6 is 34.8 Å². The number of carbonyl (C=O) groups is 1. The molecular weight excluding hydrogens is 244 g/mol. The van der Waals surface area contributed by atoms with Crippen molar-refractivity contribution in [2.45, 2.75) is 0 Å². The molecule has 0 N–H and O–H groups in total. The van der Waals surface area contributed by atoms with Crippen LogP contribution in [0.4, 0.5) is 5.69 Å². The van der Waals surface area contributed by atoms with Gasteiger partial charge in [0.2, 0.25) is 5.91 Å². The van der Waals surface area contributed by atoms with Gasteiger partial charge in [0.1, 0.15) is 5.88 Å². The number of nitrogens with zero attached hydrogens (tertiary/aromatic N) is 1. The van der Waals surface area contributed by atoms with E-state index in [0.29, 0.717) is 15.7 Å². The Kier molecular flexibility index (Phi) is 4.05. The van der Waals surface area contributed by atoms with Crippen LogP contribution in [0.1, 0.15) is 0 Å². The Bertz CT molecular complexity index is 354. The van der Waals surface area contributed by atoms with Crippen LogP contribution in [0, 0.1) is 0 Å². The fourth-order valence-electron chi connectivity index (χ4n) is 0.977. The molecule has 76 valence electrons. The fourth-order valence-corrected chi connectivity index (χ4v) is 1.69. The first-order valence-corrected chi connectivity index (χ1v) is 5.13. The Morgan fingerprint density at radius 2 is 2.07 bits per heavy atom. The van der Waals surface area contributed by atoms with E-state index in [1.807, 2.05) is 0 Å². The van der Waals surface area contributed by atoms with Crippen LogP contribution in [0.15, 0.2) is 18.2 Å². The highest BCUT2D eigenvalue weighted by Crippen LogP contribution is 2.28. The molecular formula is C9H8Cl3NO. The topological polar surface area (TPSA) is 20.3 Å². The lowest BCUT2D eigenvalue weighted by atomic mass is 10.3. The molecule has 5 heteroatoms. The van der Waals surface area contributed by atoms with E-state index in [-0.39, 0.29) is 11.8 Å². The number of hydrogen-bond acceptors (Lipinski definition) is 1. The maximum absolute atomic E-state index is 11.3. The summed E-state index contributed by atoms with van der Waals surface area (Å²) in [7, 11) is 1.61. The molecule has 1 amide bonds. The van der Waals surface area contributed by atoms with Crippen LogP contribution in [0.2, 0.25) is 10.0 Å². The first-order valence-electron chi connectivity index (χ1n) is 3.84. The smallest absolute Gasteiger partial charge is 0.241 e. The predicted octanol–water partition coefficient (Wildman–Crippen LogP) is 3.20. The van der Waals surface area contributed by atoms with Crippen molar-refractivity contribution in [2.75, 3.05) is 17.8 Å². The summed E-state index contributed by atoms with van der Waals surface area (Å²) in [5.74, 6) is -0.286. The lowest BCUT2D eigenvalue weighted by molar-refractivity contribution is -0.116. The first-order chi connectivity index (χ1) is 6.56. The van der Waals surface area contributed by atoms with Gasteiger partial charge in [-0.1, -0.05) is 23.2 Å². The molecule has 0 aliphatic rings. The molecule has 0 aromatic heterocycles. The Balaban J connectivity index is 3.01. The van der Waals surface area contributed by atoms with E-state index >= 15 is 0 Å². The van der Waals surface area contributed by atoms with E-state index in [9.17, 15) is 4.79 Å². The van der Waals surface area contributed by atoms with E-state index < -0.39 is 0 Å². The summed E-state index contributed by atoms with van der Waals surface area (Å²) in [6, 6.07) is 4.92. The third-order valence-corrected chi connectivity index (χ3v) is 2.53. The van der Waals surface area contributed by atoms with E-state index in [2.05, 4.69) is 0 Å². The summed E-state index contributed by atoms with van der Waals surface area (Å²) in [6.07, 6.45) is 0. The quantitative estimate of drug-likeness (QED) is 0.740. The predicted molar refractivity (Wildman–Crippen MR) is 60.6 cm³/mol. The molecule has 0 spiro atoms. The van der Waals surface area contributed by atoms with Gasteiger partial charge in [0, 0.05) is 12.1 Å². The van der Waals surface area contributed by atoms with Gasteiger partial charge in [-0.2, -0.15) is 0 Å². The van der Waals surface area contributed by atoms with Gasteiger partial charge in [-0.25, -0.2) is 0 Å². The molecule has 1 aromatic rings. The van der Waals surface area contributed by atoms with Crippen molar-refractivity contribution >= 4 is 46.4 Å². The minimum Gasteiger partial charge on any atom is -0.313 e. The normalized spacial score (nSPS) is 10.0. The van der Waals surface area contributed by atoms with Crippen molar-refractivity contribution in [1.82, 2.24) is 0 Å². The van der Waals surface area contributed by atoms with Crippen LogP contribution in [0.3, 0.4) is 0 Å². The number of hydrogen-bond donors (Lipinski definition) is 0. The zero-order valence-electron chi connectivity index (χ0n) is 7.43. The number of anilines is 1. The standard InChI is InChI=1S/C9H8Cl3NO/c1-13(9(14)5-10)8-3-2-6(11)4-7(8)12/h2-4H,5H2,1H3. The number of alkyl halides is 1. The van der Waals surface area contributed by atoms with E-state index in [4.69, 9.17) is 34.8 Å². The van der Waals surface area contributed by atoms with Crippen molar-refractivity contribution in [3.05, 3.63) is 28.2 Å². The van der Waals surface area contributed by atoms with E-state index in [0.717, 1.165) is 0 Å². The molecule has 0 fully saturated rings. The average molecular weight is 253 g/mol. The van der Waals surface area contributed by atoms with Gasteiger partial charge in [-0.05, 0) is 18.2 Å². The maximum Gasteiger partial charge on any atom is 0.241 e. The molecule has 0 bridgehead atoms. The van der Waals surface area contributed by atoms with Crippen LogP contribution in [-0.4, -0.2) is 18.8 Å². The molecule has 14 heavy (non-hydrogen) atoms. The Morgan fingerprint density at radius 1 is 1.43 bits per heavy atom. The number of benzene rings is 1. The first kappa shape index (κ1) is 11.6. The second-order valence-electron chi connectivity index (χ2n) is 2.68. The van der Waals surface area contributed by atoms with Gasteiger partial charge in [-0.3, -0.25) is 4.79 Å². The molecule has 1 rings (SSSR count). The maximum atomic E-state index is 11.3. The third kappa shape index (κ3) is 2.53. The summed E-state index contributed by atoms with van der Waals surface area (Å²) in [5, 5.41) is 0.962. The number of rotatable bonds is 2. The molecule has 0 saturated heterocycles. The second kappa shape index (κ2) is 4.87. The molecule has 0 aliphatic carbocycles. The summed E-state index contributed by atoms with van der Waals surface area (Å²) >= 11 is 17.0. The second-order valence-corrected chi connectivity index (χ2v) is 3.79. The van der Waals surface area contributed by atoms with Crippen molar-refractivity contribution in [1.29, 1.82) is 0 Å². The Hall–Kier alpha value is -0.440. The minimum atomic E-state index is -0.212.